The Morgan fingerprint density at radius 2 is 1.79 bits per heavy atom. The second kappa shape index (κ2) is 6.56. The van der Waals surface area contributed by atoms with Crippen LogP contribution in [0.1, 0.15) is 12.0 Å². The zero-order valence-electron chi connectivity index (χ0n) is 10.1. The molecule has 0 unspecified atom stereocenters. The third-order valence-corrected chi connectivity index (χ3v) is 4.61. The van der Waals surface area contributed by atoms with Gasteiger partial charge in [0.15, 0.2) is 0 Å². The smallest absolute Gasteiger partial charge is 0.304 e. The van der Waals surface area contributed by atoms with E-state index in [1.165, 1.54) is 7.05 Å². The standard InChI is InChI=1S/C11H13Cl2NO4S/c1-14(19(17,18)3-2-11(15)16)7-8-4-9(12)6-10(13)5-8/h4-6H,2-3,7H2,1H3,(H,15,16). The van der Waals surface area contributed by atoms with Crippen LogP contribution in [0, 0.1) is 0 Å². The highest BCUT2D eigenvalue weighted by Gasteiger charge is 2.19. The van der Waals surface area contributed by atoms with Crippen LogP contribution in [0.25, 0.3) is 0 Å². The molecular weight excluding hydrogens is 313 g/mol. The predicted octanol–water partition coefficient (Wildman–Crippen LogP) is 2.23. The summed E-state index contributed by atoms with van der Waals surface area (Å²) in [5, 5.41) is 9.33. The number of hydrogen-bond acceptors (Lipinski definition) is 3. The Morgan fingerprint density at radius 1 is 1.26 bits per heavy atom. The third kappa shape index (κ3) is 5.36. The summed E-state index contributed by atoms with van der Waals surface area (Å²) in [6, 6.07) is 4.76. The van der Waals surface area contributed by atoms with E-state index in [0.29, 0.717) is 15.6 Å². The Kier molecular flexibility index (Phi) is 5.61. The van der Waals surface area contributed by atoms with Gasteiger partial charge in [-0.05, 0) is 23.8 Å². The molecule has 0 radical (unpaired) electrons. The van der Waals surface area contributed by atoms with E-state index in [0.717, 1.165) is 4.31 Å². The number of aliphatic carboxylic acids is 1. The molecule has 1 N–H and O–H groups in total. The summed E-state index contributed by atoms with van der Waals surface area (Å²) < 4.78 is 24.7. The number of nitrogens with zero attached hydrogens (tertiary/aromatic N) is 1. The highest BCUT2D eigenvalue weighted by atomic mass is 35.5. The number of sulfonamides is 1. The van der Waals surface area contributed by atoms with Gasteiger partial charge in [-0.3, -0.25) is 4.79 Å². The van der Waals surface area contributed by atoms with Crippen LogP contribution in [0.4, 0.5) is 0 Å². The number of hydrogen-bond donors (Lipinski definition) is 1. The Balaban J connectivity index is 2.78. The van der Waals surface area contributed by atoms with Crippen molar-refractivity contribution in [3.05, 3.63) is 33.8 Å². The highest BCUT2D eigenvalue weighted by Crippen LogP contribution is 2.20. The van der Waals surface area contributed by atoms with E-state index in [2.05, 4.69) is 0 Å². The molecule has 0 bridgehead atoms. The van der Waals surface area contributed by atoms with E-state index in [9.17, 15) is 13.2 Å². The van der Waals surface area contributed by atoms with E-state index in [-0.39, 0.29) is 6.54 Å². The Hall–Kier alpha value is -0.820. The molecule has 0 spiro atoms. The van der Waals surface area contributed by atoms with Crippen molar-refractivity contribution in [1.82, 2.24) is 4.31 Å². The van der Waals surface area contributed by atoms with Gasteiger partial charge in [0.05, 0.1) is 12.2 Å². The number of halogens is 2. The van der Waals surface area contributed by atoms with Gasteiger partial charge in [-0.1, -0.05) is 23.2 Å². The first-order valence-corrected chi connectivity index (χ1v) is 7.68. The molecule has 19 heavy (non-hydrogen) atoms. The van der Waals surface area contributed by atoms with Crippen LogP contribution in [0.3, 0.4) is 0 Å². The first-order chi connectivity index (χ1) is 8.70. The maximum atomic E-state index is 11.8. The molecule has 0 saturated carbocycles. The lowest BCUT2D eigenvalue weighted by Crippen LogP contribution is -2.29. The minimum absolute atomic E-state index is 0.0855. The largest absolute Gasteiger partial charge is 0.481 e. The molecule has 1 aromatic carbocycles. The quantitative estimate of drug-likeness (QED) is 0.870. The monoisotopic (exact) mass is 325 g/mol. The van der Waals surface area contributed by atoms with Crippen LogP contribution in [-0.4, -0.2) is 36.6 Å². The Labute approximate surface area is 121 Å². The fraction of sp³-hybridized carbons (Fsp3) is 0.364. The van der Waals surface area contributed by atoms with Crippen LogP contribution in [-0.2, 0) is 21.4 Å². The van der Waals surface area contributed by atoms with Gasteiger partial charge < -0.3 is 5.11 Å². The SMILES string of the molecule is CN(Cc1cc(Cl)cc(Cl)c1)S(=O)(=O)CCC(=O)O. The molecule has 1 aromatic rings. The van der Waals surface area contributed by atoms with Crippen LogP contribution in [0.2, 0.25) is 10.0 Å². The topological polar surface area (TPSA) is 74.7 Å². The number of carboxylic acids is 1. The summed E-state index contributed by atoms with van der Waals surface area (Å²) in [4.78, 5) is 10.4. The Bertz CT molecular complexity index is 554. The van der Waals surface area contributed by atoms with Crippen LogP contribution in [0.5, 0.6) is 0 Å². The average Bonchev–Trinajstić information content (AvgIpc) is 2.25. The zero-order valence-corrected chi connectivity index (χ0v) is 12.5. The minimum Gasteiger partial charge on any atom is -0.481 e. The van der Waals surface area contributed by atoms with E-state index in [4.69, 9.17) is 28.3 Å². The third-order valence-electron chi connectivity index (χ3n) is 2.38. The lowest BCUT2D eigenvalue weighted by molar-refractivity contribution is -0.136. The van der Waals surface area contributed by atoms with Gasteiger partial charge in [-0.15, -0.1) is 0 Å². The van der Waals surface area contributed by atoms with Crippen molar-refractivity contribution < 1.29 is 18.3 Å². The van der Waals surface area contributed by atoms with Crippen LogP contribution in [0.15, 0.2) is 18.2 Å². The summed E-state index contributed by atoms with van der Waals surface area (Å²) in [5.41, 5.74) is 0.638. The Morgan fingerprint density at radius 3 is 2.26 bits per heavy atom. The molecule has 106 valence electrons. The first-order valence-electron chi connectivity index (χ1n) is 5.31. The highest BCUT2D eigenvalue weighted by molar-refractivity contribution is 7.89. The number of rotatable bonds is 6. The predicted molar refractivity (Wildman–Crippen MR) is 74.0 cm³/mol. The zero-order chi connectivity index (χ0) is 14.6. The van der Waals surface area contributed by atoms with Gasteiger partial charge in [0.2, 0.25) is 10.0 Å². The summed E-state index contributed by atoms with van der Waals surface area (Å²) in [6.07, 6.45) is -0.428. The fourth-order valence-electron chi connectivity index (χ4n) is 1.43. The summed E-state index contributed by atoms with van der Waals surface area (Å²) >= 11 is 11.6. The summed E-state index contributed by atoms with van der Waals surface area (Å²) in [5.74, 6) is -1.59. The molecule has 5 nitrogen and oxygen atoms in total. The molecule has 0 fully saturated rings. The molecule has 1 rings (SSSR count). The normalized spacial score (nSPS) is 11.8. The molecule has 0 atom stereocenters. The molecular formula is C11H13Cl2NO4S. The molecule has 0 aromatic heterocycles. The van der Waals surface area contributed by atoms with Gasteiger partial charge in [-0.2, -0.15) is 0 Å². The summed E-state index contributed by atoms with van der Waals surface area (Å²) in [6.45, 7) is 0.0855. The maximum absolute atomic E-state index is 11.8. The van der Waals surface area contributed by atoms with Crippen molar-refractivity contribution >= 4 is 39.2 Å². The average molecular weight is 326 g/mol. The number of carboxylic acid groups (broad SMARTS) is 1. The van der Waals surface area contributed by atoms with Crippen molar-refractivity contribution in [2.75, 3.05) is 12.8 Å². The molecule has 0 heterocycles. The number of benzene rings is 1. The lowest BCUT2D eigenvalue weighted by Gasteiger charge is -2.17. The van der Waals surface area contributed by atoms with E-state index in [1.54, 1.807) is 18.2 Å². The molecule has 0 aliphatic heterocycles. The van der Waals surface area contributed by atoms with Crippen LogP contribution < -0.4 is 0 Å². The van der Waals surface area contributed by atoms with Gasteiger partial charge in [-0.25, -0.2) is 12.7 Å². The molecule has 0 saturated heterocycles. The fourth-order valence-corrected chi connectivity index (χ4v) is 3.09. The van der Waals surface area contributed by atoms with E-state index < -0.39 is 28.2 Å². The van der Waals surface area contributed by atoms with Crippen molar-refractivity contribution in [1.29, 1.82) is 0 Å². The number of carbonyl (C=O) groups is 1. The van der Waals surface area contributed by atoms with Gasteiger partial charge in [0, 0.05) is 23.6 Å². The molecule has 8 heteroatoms. The van der Waals surface area contributed by atoms with Gasteiger partial charge in [0.1, 0.15) is 0 Å². The lowest BCUT2D eigenvalue weighted by atomic mass is 10.2. The molecule has 0 aliphatic rings. The van der Waals surface area contributed by atoms with Crippen LogP contribution >= 0.6 is 23.2 Å². The summed E-state index contributed by atoms with van der Waals surface area (Å²) in [7, 11) is -2.23. The molecule has 0 amide bonds. The van der Waals surface area contributed by atoms with E-state index in [1.807, 2.05) is 0 Å². The van der Waals surface area contributed by atoms with Gasteiger partial charge >= 0.3 is 5.97 Å². The van der Waals surface area contributed by atoms with Crippen molar-refractivity contribution in [2.24, 2.45) is 0 Å². The second-order valence-corrected chi connectivity index (χ2v) is 7.06. The van der Waals surface area contributed by atoms with Crippen molar-refractivity contribution in [3.8, 4) is 0 Å². The van der Waals surface area contributed by atoms with Crippen molar-refractivity contribution in [2.45, 2.75) is 13.0 Å². The minimum atomic E-state index is -3.61. The molecule has 0 aliphatic carbocycles. The second-order valence-electron chi connectivity index (χ2n) is 3.99. The first kappa shape index (κ1) is 16.2. The van der Waals surface area contributed by atoms with Crippen molar-refractivity contribution in [3.63, 3.8) is 0 Å². The van der Waals surface area contributed by atoms with E-state index >= 15 is 0 Å². The maximum Gasteiger partial charge on any atom is 0.304 e. The van der Waals surface area contributed by atoms with Gasteiger partial charge in [0.25, 0.3) is 0 Å².